The SMILES string of the molecule is Cc1ccccc1N1CN(CCc2ccccc2)CNC1=S. The number of nitrogens with zero attached hydrogens (tertiary/aromatic N) is 2. The van der Waals surface area contributed by atoms with Gasteiger partial charge in [0.05, 0.1) is 13.3 Å². The molecular formula is C18H21N3S. The topological polar surface area (TPSA) is 18.5 Å². The Bertz CT molecular complexity index is 642. The van der Waals surface area contributed by atoms with Crippen LogP contribution in [0.3, 0.4) is 0 Å². The summed E-state index contributed by atoms with van der Waals surface area (Å²) in [6.07, 6.45) is 1.05. The Labute approximate surface area is 137 Å². The number of anilines is 1. The van der Waals surface area contributed by atoms with Crippen LogP contribution in [0.15, 0.2) is 54.6 Å². The van der Waals surface area contributed by atoms with Crippen molar-refractivity contribution in [1.29, 1.82) is 0 Å². The number of rotatable bonds is 4. The molecule has 0 radical (unpaired) electrons. The molecule has 0 unspecified atom stereocenters. The molecule has 114 valence electrons. The van der Waals surface area contributed by atoms with Crippen LogP contribution in [0.4, 0.5) is 5.69 Å². The summed E-state index contributed by atoms with van der Waals surface area (Å²) in [4.78, 5) is 4.56. The third-order valence-corrected chi connectivity index (χ3v) is 4.37. The van der Waals surface area contributed by atoms with Crippen molar-refractivity contribution in [3.8, 4) is 0 Å². The molecule has 1 heterocycles. The number of hydrogen-bond donors (Lipinski definition) is 1. The van der Waals surface area contributed by atoms with E-state index in [2.05, 4.69) is 76.6 Å². The van der Waals surface area contributed by atoms with Gasteiger partial charge in [-0.15, -0.1) is 0 Å². The first-order valence-electron chi connectivity index (χ1n) is 7.61. The summed E-state index contributed by atoms with van der Waals surface area (Å²) in [6, 6.07) is 19.0. The smallest absolute Gasteiger partial charge is 0.175 e. The van der Waals surface area contributed by atoms with Gasteiger partial charge in [-0.2, -0.15) is 0 Å². The van der Waals surface area contributed by atoms with Gasteiger partial charge in [-0.3, -0.25) is 4.90 Å². The lowest BCUT2D eigenvalue weighted by atomic mass is 10.1. The first-order chi connectivity index (χ1) is 10.7. The van der Waals surface area contributed by atoms with E-state index in [1.807, 2.05) is 0 Å². The number of nitrogens with one attached hydrogen (secondary N) is 1. The minimum atomic E-state index is 0.810. The minimum Gasteiger partial charge on any atom is -0.349 e. The molecule has 0 aromatic heterocycles. The fourth-order valence-electron chi connectivity index (χ4n) is 2.72. The van der Waals surface area contributed by atoms with E-state index in [9.17, 15) is 0 Å². The van der Waals surface area contributed by atoms with E-state index in [0.29, 0.717) is 0 Å². The molecule has 0 spiro atoms. The summed E-state index contributed by atoms with van der Waals surface area (Å²) in [5.41, 5.74) is 3.80. The Morgan fingerprint density at radius 2 is 1.77 bits per heavy atom. The summed E-state index contributed by atoms with van der Waals surface area (Å²) >= 11 is 5.49. The molecule has 4 heteroatoms. The van der Waals surface area contributed by atoms with Gasteiger partial charge in [-0.1, -0.05) is 48.5 Å². The molecule has 1 fully saturated rings. The van der Waals surface area contributed by atoms with E-state index >= 15 is 0 Å². The second-order valence-electron chi connectivity index (χ2n) is 5.63. The van der Waals surface area contributed by atoms with Gasteiger partial charge in [0.15, 0.2) is 5.11 Å². The van der Waals surface area contributed by atoms with Gasteiger partial charge in [0, 0.05) is 12.2 Å². The molecule has 0 atom stereocenters. The Balaban J connectivity index is 1.66. The molecule has 3 nitrogen and oxygen atoms in total. The molecule has 3 rings (SSSR count). The maximum Gasteiger partial charge on any atom is 0.175 e. The molecule has 1 aliphatic rings. The van der Waals surface area contributed by atoms with Crippen molar-refractivity contribution in [2.24, 2.45) is 0 Å². The lowest BCUT2D eigenvalue weighted by molar-refractivity contribution is 0.264. The predicted molar refractivity (Wildman–Crippen MR) is 96.0 cm³/mol. The van der Waals surface area contributed by atoms with E-state index < -0.39 is 0 Å². The highest BCUT2D eigenvalue weighted by atomic mass is 32.1. The molecule has 22 heavy (non-hydrogen) atoms. The van der Waals surface area contributed by atoms with Crippen LogP contribution in [0.5, 0.6) is 0 Å². The molecule has 2 aromatic rings. The number of thiocarbonyl (C=S) groups is 1. The molecular weight excluding hydrogens is 290 g/mol. The average molecular weight is 311 g/mol. The van der Waals surface area contributed by atoms with Crippen molar-refractivity contribution >= 4 is 23.0 Å². The highest BCUT2D eigenvalue weighted by Gasteiger charge is 2.22. The zero-order valence-electron chi connectivity index (χ0n) is 12.8. The van der Waals surface area contributed by atoms with Crippen LogP contribution >= 0.6 is 12.2 Å². The van der Waals surface area contributed by atoms with Gasteiger partial charge in [0.2, 0.25) is 0 Å². The number of aryl methyl sites for hydroxylation is 1. The lowest BCUT2D eigenvalue weighted by Gasteiger charge is -2.38. The van der Waals surface area contributed by atoms with Crippen LogP contribution in [0, 0.1) is 6.92 Å². The van der Waals surface area contributed by atoms with Crippen molar-refractivity contribution < 1.29 is 0 Å². The second-order valence-corrected chi connectivity index (χ2v) is 6.01. The molecule has 1 N–H and O–H groups in total. The fraction of sp³-hybridized carbons (Fsp3) is 0.278. The third kappa shape index (κ3) is 3.46. The summed E-state index contributed by atoms with van der Waals surface area (Å²) in [5.74, 6) is 0. The summed E-state index contributed by atoms with van der Waals surface area (Å²) in [5, 5.41) is 4.14. The van der Waals surface area contributed by atoms with E-state index in [1.165, 1.54) is 16.8 Å². The predicted octanol–water partition coefficient (Wildman–Crippen LogP) is 3.15. The maximum atomic E-state index is 5.49. The van der Waals surface area contributed by atoms with Gasteiger partial charge in [0.1, 0.15) is 0 Å². The lowest BCUT2D eigenvalue weighted by Crippen LogP contribution is -2.56. The largest absolute Gasteiger partial charge is 0.349 e. The van der Waals surface area contributed by atoms with E-state index in [0.717, 1.165) is 31.4 Å². The average Bonchev–Trinajstić information content (AvgIpc) is 2.56. The van der Waals surface area contributed by atoms with E-state index in [-0.39, 0.29) is 0 Å². The molecule has 0 saturated carbocycles. The zero-order valence-corrected chi connectivity index (χ0v) is 13.6. The van der Waals surface area contributed by atoms with E-state index in [1.54, 1.807) is 0 Å². The van der Waals surface area contributed by atoms with Gasteiger partial charge in [-0.25, -0.2) is 0 Å². The summed E-state index contributed by atoms with van der Waals surface area (Å²) in [6.45, 7) is 4.79. The summed E-state index contributed by atoms with van der Waals surface area (Å²) < 4.78 is 0. The Morgan fingerprint density at radius 3 is 2.55 bits per heavy atom. The molecule has 2 aromatic carbocycles. The Morgan fingerprint density at radius 1 is 1.05 bits per heavy atom. The molecule has 0 amide bonds. The number of para-hydroxylation sites is 1. The standard InChI is InChI=1S/C18H21N3S/c1-15-7-5-6-10-17(15)21-14-20(13-19-18(21)22)12-11-16-8-3-2-4-9-16/h2-10H,11-14H2,1H3,(H,19,22). The highest BCUT2D eigenvalue weighted by molar-refractivity contribution is 7.80. The van der Waals surface area contributed by atoms with Crippen molar-refractivity contribution in [3.63, 3.8) is 0 Å². The van der Waals surface area contributed by atoms with Crippen molar-refractivity contribution in [2.45, 2.75) is 13.3 Å². The molecule has 1 saturated heterocycles. The summed E-state index contributed by atoms with van der Waals surface area (Å²) in [7, 11) is 0. The fourth-order valence-corrected chi connectivity index (χ4v) is 2.94. The monoisotopic (exact) mass is 311 g/mol. The molecule has 0 aliphatic carbocycles. The van der Waals surface area contributed by atoms with Crippen molar-refractivity contribution in [1.82, 2.24) is 10.2 Å². The van der Waals surface area contributed by atoms with Crippen LogP contribution in [-0.2, 0) is 6.42 Å². The zero-order chi connectivity index (χ0) is 15.4. The van der Waals surface area contributed by atoms with Crippen molar-refractivity contribution in [3.05, 3.63) is 65.7 Å². The number of benzene rings is 2. The number of hydrogen-bond acceptors (Lipinski definition) is 2. The third-order valence-electron chi connectivity index (χ3n) is 4.01. The first-order valence-corrected chi connectivity index (χ1v) is 8.02. The second kappa shape index (κ2) is 6.90. The van der Waals surface area contributed by atoms with E-state index in [4.69, 9.17) is 12.2 Å². The van der Waals surface area contributed by atoms with Gasteiger partial charge in [0.25, 0.3) is 0 Å². The van der Waals surface area contributed by atoms with Gasteiger partial charge in [-0.05, 0) is 42.8 Å². The molecule has 1 aliphatic heterocycles. The van der Waals surface area contributed by atoms with Crippen LogP contribution < -0.4 is 10.2 Å². The van der Waals surface area contributed by atoms with Crippen LogP contribution in [0.2, 0.25) is 0 Å². The molecule has 0 bridgehead atoms. The Kier molecular flexibility index (Phi) is 4.71. The normalized spacial score (nSPS) is 15.7. The van der Waals surface area contributed by atoms with Crippen LogP contribution in [-0.4, -0.2) is 29.9 Å². The maximum absolute atomic E-state index is 5.49. The quantitative estimate of drug-likeness (QED) is 0.874. The van der Waals surface area contributed by atoms with Gasteiger partial charge >= 0.3 is 0 Å². The first kappa shape index (κ1) is 15.0. The van der Waals surface area contributed by atoms with Crippen molar-refractivity contribution in [2.75, 3.05) is 24.8 Å². The minimum absolute atomic E-state index is 0.810. The Hall–Kier alpha value is -1.91. The van der Waals surface area contributed by atoms with Crippen LogP contribution in [0.25, 0.3) is 0 Å². The van der Waals surface area contributed by atoms with Crippen LogP contribution in [0.1, 0.15) is 11.1 Å². The highest BCUT2D eigenvalue weighted by Crippen LogP contribution is 2.21. The van der Waals surface area contributed by atoms with Gasteiger partial charge < -0.3 is 10.2 Å².